The van der Waals surface area contributed by atoms with Gasteiger partial charge >= 0.3 is 5.97 Å². The van der Waals surface area contributed by atoms with Crippen LogP contribution in [0.5, 0.6) is 5.75 Å². The number of hydrogen-bond donors (Lipinski definition) is 0. The number of carbonyl (C=O) groups excluding carboxylic acids is 1. The minimum atomic E-state index is -0.448. The third kappa shape index (κ3) is 3.97. The highest BCUT2D eigenvalue weighted by molar-refractivity contribution is 6.12. The summed E-state index contributed by atoms with van der Waals surface area (Å²) in [6.45, 7) is 2.18. The number of hydrogen-bond acceptors (Lipinski definition) is 4. The van der Waals surface area contributed by atoms with Gasteiger partial charge in [-0.05, 0) is 42.7 Å². The Morgan fingerprint density at radius 1 is 1.12 bits per heavy atom. The molecule has 0 saturated carbocycles. The van der Waals surface area contributed by atoms with Crippen LogP contribution in [-0.4, -0.2) is 19.0 Å². The molecule has 1 aliphatic heterocycles. The summed E-state index contributed by atoms with van der Waals surface area (Å²) in [5.74, 6) is 0.580. The van der Waals surface area contributed by atoms with Crippen molar-refractivity contribution in [2.24, 2.45) is 4.99 Å². The Hall–Kier alpha value is -2.88. The van der Waals surface area contributed by atoms with E-state index in [0.717, 1.165) is 17.5 Å². The van der Waals surface area contributed by atoms with Crippen LogP contribution in [0.4, 0.5) is 0 Å². The number of aryl methyl sites for hydroxylation is 1. The van der Waals surface area contributed by atoms with Crippen LogP contribution in [0.3, 0.4) is 0 Å². The number of nitrogens with zero attached hydrogens (tertiary/aromatic N) is 1. The van der Waals surface area contributed by atoms with E-state index in [-0.39, 0.29) is 5.70 Å². The van der Waals surface area contributed by atoms with Crippen molar-refractivity contribution >= 4 is 17.9 Å². The van der Waals surface area contributed by atoms with Crippen molar-refractivity contribution in [2.45, 2.75) is 26.2 Å². The van der Waals surface area contributed by atoms with Gasteiger partial charge in [-0.1, -0.05) is 43.7 Å². The highest BCUT2D eigenvalue weighted by Crippen LogP contribution is 2.24. The van der Waals surface area contributed by atoms with Crippen LogP contribution in [0.15, 0.2) is 59.2 Å². The second kappa shape index (κ2) is 7.79. The van der Waals surface area contributed by atoms with Gasteiger partial charge in [0, 0.05) is 11.1 Å². The Kier molecular flexibility index (Phi) is 5.29. The summed E-state index contributed by atoms with van der Waals surface area (Å²) >= 11 is 0. The number of methoxy groups -OCH3 is 1. The van der Waals surface area contributed by atoms with Crippen LogP contribution >= 0.6 is 0 Å². The third-order valence-electron chi connectivity index (χ3n) is 4.07. The molecule has 0 aromatic heterocycles. The molecule has 2 aromatic carbocycles. The normalized spacial score (nSPS) is 15.2. The summed E-state index contributed by atoms with van der Waals surface area (Å²) in [5.41, 5.74) is 3.14. The molecule has 0 aliphatic carbocycles. The summed E-state index contributed by atoms with van der Waals surface area (Å²) in [5, 5.41) is 0. The molecule has 0 unspecified atom stereocenters. The molecule has 4 heteroatoms. The van der Waals surface area contributed by atoms with E-state index in [9.17, 15) is 4.79 Å². The largest absolute Gasteiger partial charge is 0.496 e. The van der Waals surface area contributed by atoms with Crippen molar-refractivity contribution in [3.63, 3.8) is 0 Å². The maximum atomic E-state index is 12.1. The molecule has 4 nitrogen and oxygen atoms in total. The van der Waals surface area contributed by atoms with E-state index in [1.807, 2.05) is 36.4 Å². The Labute approximate surface area is 147 Å². The van der Waals surface area contributed by atoms with Gasteiger partial charge in [0.25, 0.3) is 0 Å². The van der Waals surface area contributed by atoms with Gasteiger partial charge in [-0.15, -0.1) is 0 Å². The van der Waals surface area contributed by atoms with E-state index in [4.69, 9.17) is 9.47 Å². The van der Waals surface area contributed by atoms with E-state index in [0.29, 0.717) is 11.6 Å². The molecule has 128 valence electrons. The fraction of sp³-hybridized carbons (Fsp3) is 0.238. The van der Waals surface area contributed by atoms with Crippen molar-refractivity contribution in [1.82, 2.24) is 0 Å². The monoisotopic (exact) mass is 335 g/mol. The van der Waals surface area contributed by atoms with Crippen LogP contribution in [-0.2, 0) is 16.0 Å². The van der Waals surface area contributed by atoms with Gasteiger partial charge in [0.1, 0.15) is 5.75 Å². The average molecular weight is 335 g/mol. The number of esters is 1. The van der Waals surface area contributed by atoms with E-state index in [1.165, 1.54) is 18.4 Å². The van der Waals surface area contributed by atoms with Gasteiger partial charge in [-0.25, -0.2) is 9.79 Å². The first-order valence-electron chi connectivity index (χ1n) is 8.46. The topological polar surface area (TPSA) is 47.9 Å². The number of carbonyl (C=O) groups is 1. The molecule has 0 radical (unpaired) electrons. The number of cyclic esters (lactones) is 1. The average Bonchev–Trinajstić information content (AvgIpc) is 3.01. The number of rotatable bonds is 6. The van der Waals surface area contributed by atoms with Crippen LogP contribution in [0.25, 0.3) is 6.08 Å². The van der Waals surface area contributed by atoms with Crippen molar-refractivity contribution in [1.29, 1.82) is 0 Å². The van der Waals surface area contributed by atoms with Gasteiger partial charge in [0.05, 0.1) is 7.11 Å². The zero-order chi connectivity index (χ0) is 17.6. The third-order valence-corrected chi connectivity index (χ3v) is 4.07. The van der Waals surface area contributed by atoms with Gasteiger partial charge in [-0.3, -0.25) is 0 Å². The molecule has 1 aliphatic rings. The Morgan fingerprint density at radius 2 is 1.88 bits per heavy atom. The number of para-hydroxylation sites is 1. The zero-order valence-electron chi connectivity index (χ0n) is 14.5. The molecule has 0 fully saturated rings. The molecular formula is C21H21NO3. The first-order chi connectivity index (χ1) is 12.2. The maximum Gasteiger partial charge on any atom is 0.363 e. The van der Waals surface area contributed by atoms with E-state index in [2.05, 4.69) is 24.0 Å². The number of unbranched alkanes of at least 4 members (excludes halogenated alkanes) is 1. The van der Waals surface area contributed by atoms with Crippen LogP contribution < -0.4 is 4.74 Å². The standard InChI is InChI=1S/C21H21NO3/c1-3-4-7-15-10-12-16(13-11-15)20-22-18(21(23)25-20)14-17-8-5-6-9-19(17)24-2/h5-6,8-14H,3-4,7H2,1-2H3. The lowest BCUT2D eigenvalue weighted by Gasteiger charge is -2.03. The van der Waals surface area contributed by atoms with E-state index >= 15 is 0 Å². The predicted molar refractivity (Wildman–Crippen MR) is 98.7 cm³/mol. The number of ether oxygens (including phenoxy) is 2. The molecule has 0 N–H and O–H groups in total. The van der Waals surface area contributed by atoms with E-state index in [1.54, 1.807) is 13.2 Å². The maximum absolute atomic E-state index is 12.1. The van der Waals surface area contributed by atoms with Crippen LogP contribution in [0, 0.1) is 0 Å². The summed E-state index contributed by atoms with van der Waals surface area (Å²) in [7, 11) is 1.60. The second-order valence-electron chi connectivity index (χ2n) is 5.88. The molecule has 0 spiro atoms. The molecular weight excluding hydrogens is 314 g/mol. The highest BCUT2D eigenvalue weighted by atomic mass is 16.6. The Morgan fingerprint density at radius 3 is 2.60 bits per heavy atom. The minimum absolute atomic E-state index is 0.273. The lowest BCUT2D eigenvalue weighted by atomic mass is 10.1. The molecule has 3 rings (SSSR count). The molecule has 0 amide bonds. The highest BCUT2D eigenvalue weighted by Gasteiger charge is 2.24. The minimum Gasteiger partial charge on any atom is -0.496 e. The van der Waals surface area contributed by atoms with Crippen LogP contribution in [0.1, 0.15) is 36.5 Å². The summed E-state index contributed by atoms with van der Waals surface area (Å²) in [6.07, 6.45) is 5.08. The lowest BCUT2D eigenvalue weighted by molar-refractivity contribution is -0.129. The second-order valence-corrected chi connectivity index (χ2v) is 5.88. The summed E-state index contributed by atoms with van der Waals surface area (Å²) in [6, 6.07) is 15.5. The van der Waals surface area contributed by atoms with Crippen molar-refractivity contribution < 1.29 is 14.3 Å². The van der Waals surface area contributed by atoms with Gasteiger partial charge in [0.2, 0.25) is 5.90 Å². The Bertz CT molecular complexity index is 819. The number of aliphatic imine (C=N–C) groups is 1. The fourth-order valence-electron chi connectivity index (χ4n) is 2.66. The number of benzene rings is 2. The molecule has 25 heavy (non-hydrogen) atoms. The predicted octanol–water partition coefficient (Wildman–Crippen LogP) is 4.38. The molecule has 0 atom stereocenters. The van der Waals surface area contributed by atoms with E-state index < -0.39 is 5.97 Å². The van der Waals surface area contributed by atoms with Gasteiger partial charge in [-0.2, -0.15) is 0 Å². The van der Waals surface area contributed by atoms with Crippen molar-refractivity contribution in [3.05, 3.63) is 70.9 Å². The molecule has 2 aromatic rings. The first kappa shape index (κ1) is 17.0. The lowest BCUT2D eigenvalue weighted by Crippen LogP contribution is -2.05. The fourth-order valence-corrected chi connectivity index (χ4v) is 2.66. The quantitative estimate of drug-likeness (QED) is 0.581. The van der Waals surface area contributed by atoms with Crippen LogP contribution in [0.2, 0.25) is 0 Å². The molecule has 0 bridgehead atoms. The molecule has 1 heterocycles. The molecule has 0 saturated heterocycles. The van der Waals surface area contributed by atoms with Gasteiger partial charge < -0.3 is 9.47 Å². The zero-order valence-corrected chi connectivity index (χ0v) is 14.5. The van der Waals surface area contributed by atoms with Crippen molar-refractivity contribution in [3.8, 4) is 5.75 Å². The van der Waals surface area contributed by atoms with Crippen molar-refractivity contribution in [2.75, 3.05) is 7.11 Å². The SMILES string of the molecule is CCCCc1ccc(C2=NC(=Cc3ccccc3OC)C(=O)O2)cc1. The van der Waals surface area contributed by atoms with Gasteiger partial charge in [0.15, 0.2) is 5.70 Å². The summed E-state index contributed by atoms with van der Waals surface area (Å²) < 4.78 is 10.6. The smallest absolute Gasteiger partial charge is 0.363 e. The first-order valence-corrected chi connectivity index (χ1v) is 8.46. The summed E-state index contributed by atoms with van der Waals surface area (Å²) in [4.78, 5) is 16.5. The Balaban J connectivity index is 1.83.